The highest BCUT2D eigenvalue weighted by Gasteiger charge is 2.27. The monoisotopic (exact) mass is 337 g/mol. The van der Waals surface area contributed by atoms with E-state index in [4.69, 9.17) is 27.9 Å². The summed E-state index contributed by atoms with van der Waals surface area (Å²) < 4.78 is 31.9. The van der Waals surface area contributed by atoms with Gasteiger partial charge in [-0.2, -0.15) is 4.31 Å². The first-order valence-electron chi connectivity index (χ1n) is 6.44. The molecule has 1 aliphatic heterocycles. The van der Waals surface area contributed by atoms with E-state index in [-0.39, 0.29) is 16.0 Å². The summed E-state index contributed by atoms with van der Waals surface area (Å²) in [6.45, 7) is 1.02. The highest BCUT2D eigenvalue weighted by Crippen LogP contribution is 2.27. The maximum Gasteiger partial charge on any atom is 0.244 e. The van der Waals surface area contributed by atoms with E-state index in [1.54, 1.807) is 6.07 Å². The first-order chi connectivity index (χ1) is 9.41. The molecule has 20 heavy (non-hydrogen) atoms. The molecule has 1 unspecified atom stereocenters. The van der Waals surface area contributed by atoms with Gasteiger partial charge in [-0.15, -0.1) is 0 Å². The second-order valence-electron chi connectivity index (χ2n) is 4.85. The van der Waals surface area contributed by atoms with Crippen LogP contribution in [0, 0.1) is 0 Å². The fourth-order valence-corrected chi connectivity index (χ4v) is 4.11. The van der Waals surface area contributed by atoms with Crippen molar-refractivity contribution in [2.24, 2.45) is 0 Å². The number of hydrogen-bond donors (Lipinski definition) is 0. The van der Waals surface area contributed by atoms with Crippen LogP contribution < -0.4 is 0 Å². The molecule has 0 bridgehead atoms. The van der Waals surface area contributed by atoms with Gasteiger partial charge in [0.1, 0.15) is 4.90 Å². The molecule has 0 amide bonds. The van der Waals surface area contributed by atoms with E-state index in [0.29, 0.717) is 18.2 Å². The Hall–Kier alpha value is -0.330. The lowest BCUT2D eigenvalue weighted by Gasteiger charge is -2.27. The number of nitrogens with zero attached hydrogens (tertiary/aromatic N) is 1. The van der Waals surface area contributed by atoms with Crippen molar-refractivity contribution in [2.75, 3.05) is 20.2 Å². The first kappa shape index (κ1) is 16.0. The van der Waals surface area contributed by atoms with Crippen LogP contribution in [-0.2, 0) is 14.8 Å². The Bertz CT molecular complexity index is 571. The maximum absolute atomic E-state index is 12.5. The van der Waals surface area contributed by atoms with Crippen molar-refractivity contribution in [3.63, 3.8) is 0 Å². The molecule has 4 nitrogen and oxygen atoms in total. The number of hydrogen-bond acceptors (Lipinski definition) is 3. The summed E-state index contributed by atoms with van der Waals surface area (Å²) in [6.07, 6.45) is 2.92. The van der Waals surface area contributed by atoms with E-state index in [2.05, 4.69) is 0 Å². The Morgan fingerprint density at radius 3 is 2.75 bits per heavy atom. The molecule has 1 aromatic carbocycles. The van der Waals surface area contributed by atoms with E-state index >= 15 is 0 Å². The quantitative estimate of drug-likeness (QED) is 0.847. The molecule has 0 spiro atoms. The molecule has 1 saturated heterocycles. The van der Waals surface area contributed by atoms with Crippen molar-refractivity contribution in [1.82, 2.24) is 4.31 Å². The van der Waals surface area contributed by atoms with Crippen LogP contribution in [0.3, 0.4) is 0 Å². The van der Waals surface area contributed by atoms with Gasteiger partial charge in [0.2, 0.25) is 10.0 Å². The van der Waals surface area contributed by atoms with E-state index in [1.165, 1.54) is 23.5 Å². The Balaban J connectivity index is 2.18. The fourth-order valence-electron chi connectivity index (χ4n) is 2.18. The van der Waals surface area contributed by atoms with Gasteiger partial charge in [-0.3, -0.25) is 0 Å². The molecule has 1 atom stereocenters. The third-order valence-corrected chi connectivity index (χ3v) is 5.86. The molecule has 0 N–H and O–H groups in total. The summed E-state index contributed by atoms with van der Waals surface area (Å²) in [6, 6.07) is 4.42. The van der Waals surface area contributed by atoms with Crippen molar-refractivity contribution in [2.45, 2.75) is 30.3 Å². The molecule has 112 valence electrons. The minimum absolute atomic E-state index is 0.0324. The van der Waals surface area contributed by atoms with Crippen LogP contribution in [0.5, 0.6) is 0 Å². The van der Waals surface area contributed by atoms with Crippen molar-refractivity contribution >= 4 is 33.2 Å². The summed E-state index contributed by atoms with van der Waals surface area (Å²) in [5, 5.41) is 0.515. The number of likely N-dealkylation sites (N-methyl/N-ethyl adjacent to an activating group) is 1. The Morgan fingerprint density at radius 2 is 2.10 bits per heavy atom. The van der Waals surface area contributed by atoms with E-state index in [1.807, 2.05) is 0 Å². The van der Waals surface area contributed by atoms with Crippen LogP contribution >= 0.6 is 23.2 Å². The molecular formula is C13H17Cl2NO3S. The van der Waals surface area contributed by atoms with Crippen LogP contribution in [0.25, 0.3) is 0 Å². The van der Waals surface area contributed by atoms with Crippen molar-refractivity contribution in [3.05, 3.63) is 28.2 Å². The van der Waals surface area contributed by atoms with Crippen molar-refractivity contribution in [1.29, 1.82) is 0 Å². The number of benzene rings is 1. The zero-order valence-electron chi connectivity index (χ0n) is 11.2. The molecule has 1 aliphatic rings. The average Bonchev–Trinajstić information content (AvgIpc) is 2.42. The second-order valence-corrected chi connectivity index (χ2v) is 7.71. The van der Waals surface area contributed by atoms with Gasteiger partial charge in [0.15, 0.2) is 0 Å². The van der Waals surface area contributed by atoms with Gasteiger partial charge < -0.3 is 4.74 Å². The van der Waals surface area contributed by atoms with E-state index < -0.39 is 10.0 Å². The normalized spacial score (nSPS) is 20.3. The van der Waals surface area contributed by atoms with Gasteiger partial charge >= 0.3 is 0 Å². The standard InChI is InChI=1S/C13H17Cl2NO3S/c1-16(9-11-4-2-3-7-19-11)20(17,18)13-8-10(14)5-6-12(13)15/h5-6,8,11H,2-4,7,9H2,1H3. The van der Waals surface area contributed by atoms with Gasteiger partial charge in [0.05, 0.1) is 11.1 Å². The Labute approximate surface area is 129 Å². The maximum atomic E-state index is 12.5. The van der Waals surface area contributed by atoms with Crippen LogP contribution in [0.4, 0.5) is 0 Å². The third kappa shape index (κ3) is 3.65. The third-order valence-electron chi connectivity index (χ3n) is 3.32. The van der Waals surface area contributed by atoms with E-state index in [0.717, 1.165) is 19.3 Å². The first-order valence-corrected chi connectivity index (χ1v) is 8.64. The zero-order chi connectivity index (χ0) is 14.8. The Kier molecular flexibility index (Phi) is 5.31. The van der Waals surface area contributed by atoms with Gasteiger partial charge in [-0.1, -0.05) is 23.2 Å². The highest BCUT2D eigenvalue weighted by molar-refractivity contribution is 7.89. The largest absolute Gasteiger partial charge is 0.377 e. The minimum atomic E-state index is -3.65. The summed E-state index contributed by atoms with van der Waals surface area (Å²) in [5.74, 6) is 0. The summed E-state index contributed by atoms with van der Waals surface area (Å²) >= 11 is 11.8. The van der Waals surface area contributed by atoms with Gasteiger partial charge in [-0.25, -0.2) is 8.42 Å². The number of halogens is 2. The molecule has 2 rings (SSSR count). The second kappa shape index (κ2) is 6.62. The SMILES string of the molecule is CN(CC1CCCCO1)S(=O)(=O)c1cc(Cl)ccc1Cl. The van der Waals surface area contributed by atoms with Gasteiger partial charge in [-0.05, 0) is 37.5 Å². The zero-order valence-corrected chi connectivity index (χ0v) is 13.5. The summed E-state index contributed by atoms with van der Waals surface area (Å²) in [5.41, 5.74) is 0. The Morgan fingerprint density at radius 1 is 1.35 bits per heavy atom. The number of ether oxygens (including phenoxy) is 1. The smallest absolute Gasteiger partial charge is 0.244 e. The van der Waals surface area contributed by atoms with Crippen molar-refractivity contribution < 1.29 is 13.2 Å². The van der Waals surface area contributed by atoms with Crippen LogP contribution in [0.1, 0.15) is 19.3 Å². The van der Waals surface area contributed by atoms with Crippen LogP contribution in [-0.4, -0.2) is 39.0 Å². The highest BCUT2D eigenvalue weighted by atomic mass is 35.5. The molecule has 0 aromatic heterocycles. The molecular weight excluding hydrogens is 321 g/mol. The summed E-state index contributed by atoms with van der Waals surface area (Å²) in [4.78, 5) is 0.0324. The number of sulfonamides is 1. The van der Waals surface area contributed by atoms with Crippen LogP contribution in [0.15, 0.2) is 23.1 Å². The molecule has 0 saturated carbocycles. The predicted octanol–water partition coefficient (Wildman–Crippen LogP) is 3.18. The van der Waals surface area contributed by atoms with Gasteiger partial charge in [0.25, 0.3) is 0 Å². The topological polar surface area (TPSA) is 46.6 Å². The van der Waals surface area contributed by atoms with Crippen molar-refractivity contribution in [3.8, 4) is 0 Å². The lowest BCUT2D eigenvalue weighted by Crippen LogP contribution is -2.37. The number of rotatable bonds is 4. The predicted molar refractivity (Wildman–Crippen MR) is 79.9 cm³/mol. The average molecular weight is 338 g/mol. The summed E-state index contributed by atoms with van der Waals surface area (Å²) in [7, 11) is -2.12. The molecule has 7 heteroatoms. The molecule has 1 fully saturated rings. The van der Waals surface area contributed by atoms with Crippen LogP contribution in [0.2, 0.25) is 10.0 Å². The molecule has 1 aromatic rings. The molecule has 1 heterocycles. The lowest BCUT2D eigenvalue weighted by atomic mass is 10.1. The molecule has 0 radical (unpaired) electrons. The fraction of sp³-hybridized carbons (Fsp3) is 0.538. The van der Waals surface area contributed by atoms with E-state index in [9.17, 15) is 8.42 Å². The molecule has 0 aliphatic carbocycles. The van der Waals surface area contributed by atoms with Gasteiger partial charge in [0, 0.05) is 25.2 Å². The lowest BCUT2D eigenvalue weighted by molar-refractivity contribution is 0.00858. The minimum Gasteiger partial charge on any atom is -0.377 e.